The summed E-state index contributed by atoms with van der Waals surface area (Å²) < 4.78 is 0. The van der Waals surface area contributed by atoms with Crippen LogP contribution in [0.2, 0.25) is 0 Å². The molecule has 0 aliphatic rings. The molecule has 1 aromatic rings. The maximum Gasteiger partial charge on any atom is 0.137 e. The van der Waals surface area contributed by atoms with Gasteiger partial charge in [0.2, 0.25) is 0 Å². The van der Waals surface area contributed by atoms with Gasteiger partial charge in [-0.3, -0.25) is 5.32 Å². The number of pyridine rings is 1. The second-order valence-corrected chi connectivity index (χ2v) is 8.00. The van der Waals surface area contributed by atoms with Gasteiger partial charge >= 0.3 is 0 Å². The zero-order chi connectivity index (χ0) is 17.8. The molecule has 0 spiro atoms. The number of terminal acetylenes is 1. The van der Waals surface area contributed by atoms with Crippen LogP contribution >= 0.6 is 0 Å². The minimum Gasteiger partial charge on any atom is -0.300 e. The molecule has 0 radical (unpaired) electrons. The fraction of sp³-hybridized carbons (Fsp3) is 0.682. The number of anilines is 1. The highest BCUT2D eigenvalue weighted by Gasteiger charge is 2.08. The molecule has 0 bridgehead atoms. The van der Waals surface area contributed by atoms with Gasteiger partial charge in [-0.2, -0.15) is 0 Å². The van der Waals surface area contributed by atoms with Crippen molar-refractivity contribution in [1.82, 2.24) is 4.98 Å². The van der Waals surface area contributed by atoms with Gasteiger partial charge in [-0.1, -0.05) is 72.6 Å². The summed E-state index contributed by atoms with van der Waals surface area (Å²) in [4.78, 5) is 4.39. The summed E-state index contributed by atoms with van der Waals surface area (Å²) in [7, 11) is 0. The van der Waals surface area contributed by atoms with Crippen molar-refractivity contribution in [1.29, 1.82) is 0 Å². The second kappa shape index (κ2) is 11.1. The summed E-state index contributed by atoms with van der Waals surface area (Å²) in [6.45, 7) is 9.20. The lowest BCUT2D eigenvalue weighted by Gasteiger charge is -2.17. The molecule has 0 unspecified atom stereocenters. The number of hydrogen-bond donors (Lipinski definition) is 1. The van der Waals surface area contributed by atoms with Gasteiger partial charge in [0.05, 0.1) is 0 Å². The lowest BCUT2D eigenvalue weighted by atomic mass is 9.89. The Labute approximate surface area is 149 Å². The molecule has 0 aliphatic heterocycles. The first-order valence-electron chi connectivity index (χ1n) is 9.65. The Bertz CT molecular complexity index is 506. The fourth-order valence-electron chi connectivity index (χ4n) is 3.08. The molecule has 0 aromatic carbocycles. The largest absolute Gasteiger partial charge is 0.300 e. The van der Waals surface area contributed by atoms with Crippen molar-refractivity contribution in [2.24, 2.45) is 5.41 Å². The third-order valence-electron chi connectivity index (χ3n) is 4.54. The number of hydrogen-bond acceptors (Lipinski definition) is 2. The zero-order valence-electron chi connectivity index (χ0n) is 16.3. The standard InChI is InChI=1S/C22H36N2/c1-6-19-17-21(23-7-2)24-18-20(19)15-13-11-9-8-10-12-14-16-22(3,4)5/h2,17-18H,6,8-16H2,1,3-5H3,(H,23,24). The van der Waals surface area contributed by atoms with E-state index in [0.717, 1.165) is 18.7 Å². The number of rotatable bonds is 11. The van der Waals surface area contributed by atoms with Crippen LogP contribution in [0.3, 0.4) is 0 Å². The van der Waals surface area contributed by atoms with E-state index >= 15 is 0 Å². The molecular formula is C22H36N2. The summed E-state index contributed by atoms with van der Waals surface area (Å²) in [5.74, 6) is 0.786. The molecule has 0 saturated heterocycles. The Morgan fingerprint density at radius 1 is 1.00 bits per heavy atom. The monoisotopic (exact) mass is 328 g/mol. The van der Waals surface area contributed by atoms with E-state index in [1.807, 2.05) is 6.20 Å². The molecule has 0 atom stereocenters. The van der Waals surface area contributed by atoms with E-state index in [0.29, 0.717) is 5.41 Å². The van der Waals surface area contributed by atoms with Crippen LogP contribution in [0.5, 0.6) is 0 Å². The number of aryl methyl sites for hydroxylation is 2. The van der Waals surface area contributed by atoms with Crippen molar-refractivity contribution in [2.75, 3.05) is 5.32 Å². The molecule has 134 valence electrons. The molecule has 2 heteroatoms. The number of aromatic nitrogens is 1. The first-order chi connectivity index (χ1) is 11.5. The van der Waals surface area contributed by atoms with E-state index in [1.165, 1.54) is 62.5 Å². The van der Waals surface area contributed by atoms with Crippen LogP contribution in [0.15, 0.2) is 12.3 Å². The smallest absolute Gasteiger partial charge is 0.137 e. The van der Waals surface area contributed by atoms with Crippen LogP contribution in [0.25, 0.3) is 0 Å². The molecule has 0 saturated carbocycles. The van der Waals surface area contributed by atoms with Crippen LogP contribution in [0.4, 0.5) is 5.82 Å². The van der Waals surface area contributed by atoms with Crippen LogP contribution < -0.4 is 5.32 Å². The summed E-state index contributed by atoms with van der Waals surface area (Å²) in [6.07, 6.45) is 20.3. The predicted octanol–water partition coefficient (Wildman–Crippen LogP) is 6.36. The SMILES string of the molecule is C#CNc1cc(CC)c(CCCCCCCCCC(C)(C)C)cn1. The van der Waals surface area contributed by atoms with Gasteiger partial charge in [0.1, 0.15) is 5.82 Å². The molecule has 1 N–H and O–H groups in total. The molecule has 24 heavy (non-hydrogen) atoms. The van der Waals surface area contributed by atoms with E-state index in [-0.39, 0.29) is 0 Å². The first kappa shape index (κ1) is 20.6. The minimum atomic E-state index is 0.496. The summed E-state index contributed by atoms with van der Waals surface area (Å²) in [5, 5.41) is 2.84. The number of nitrogens with zero attached hydrogens (tertiary/aromatic N) is 1. The van der Waals surface area contributed by atoms with Crippen LogP contribution in [-0.2, 0) is 12.8 Å². The van der Waals surface area contributed by atoms with Gasteiger partial charge in [0.15, 0.2) is 0 Å². The van der Waals surface area contributed by atoms with Crippen molar-refractivity contribution in [2.45, 2.75) is 91.9 Å². The molecular weight excluding hydrogens is 292 g/mol. The van der Waals surface area contributed by atoms with Crippen molar-refractivity contribution in [3.63, 3.8) is 0 Å². The van der Waals surface area contributed by atoms with Crippen LogP contribution in [0.1, 0.15) is 90.2 Å². The first-order valence-corrected chi connectivity index (χ1v) is 9.65. The van der Waals surface area contributed by atoms with Gasteiger partial charge in [0, 0.05) is 12.2 Å². The molecule has 2 nitrogen and oxygen atoms in total. The van der Waals surface area contributed by atoms with Gasteiger partial charge in [-0.05, 0) is 48.3 Å². The van der Waals surface area contributed by atoms with Gasteiger partial charge in [0.25, 0.3) is 0 Å². The average molecular weight is 329 g/mol. The minimum absolute atomic E-state index is 0.496. The molecule has 0 fully saturated rings. The van der Waals surface area contributed by atoms with Gasteiger partial charge in [-0.25, -0.2) is 4.98 Å². The highest BCUT2D eigenvalue weighted by Crippen LogP contribution is 2.23. The van der Waals surface area contributed by atoms with Crippen molar-refractivity contribution < 1.29 is 0 Å². The Kier molecular flexibility index (Phi) is 9.53. The molecule has 1 rings (SSSR count). The summed E-state index contributed by atoms with van der Waals surface area (Å²) >= 11 is 0. The number of nitrogens with one attached hydrogen (secondary N) is 1. The Hall–Kier alpha value is -1.49. The second-order valence-electron chi connectivity index (χ2n) is 8.00. The lowest BCUT2D eigenvalue weighted by Crippen LogP contribution is -2.03. The third-order valence-corrected chi connectivity index (χ3v) is 4.54. The predicted molar refractivity (Wildman–Crippen MR) is 106 cm³/mol. The van der Waals surface area contributed by atoms with Crippen molar-refractivity contribution in [3.8, 4) is 12.5 Å². The van der Waals surface area contributed by atoms with Crippen molar-refractivity contribution in [3.05, 3.63) is 23.4 Å². The summed E-state index contributed by atoms with van der Waals surface area (Å²) in [6, 6.07) is 4.52. The summed E-state index contributed by atoms with van der Waals surface area (Å²) in [5.41, 5.74) is 3.24. The Morgan fingerprint density at radius 2 is 1.62 bits per heavy atom. The van der Waals surface area contributed by atoms with Crippen LogP contribution in [0, 0.1) is 17.9 Å². The van der Waals surface area contributed by atoms with Gasteiger partial charge < -0.3 is 0 Å². The van der Waals surface area contributed by atoms with Gasteiger partial charge in [-0.15, -0.1) is 0 Å². The quantitative estimate of drug-likeness (QED) is 0.290. The Balaban J connectivity index is 2.16. The van der Waals surface area contributed by atoms with Crippen LogP contribution in [-0.4, -0.2) is 4.98 Å². The average Bonchev–Trinajstić information content (AvgIpc) is 2.53. The molecule has 1 heterocycles. The maximum absolute atomic E-state index is 5.27. The molecule has 0 aliphatic carbocycles. The van der Waals surface area contributed by atoms with E-state index in [4.69, 9.17) is 6.42 Å². The van der Waals surface area contributed by atoms with E-state index in [9.17, 15) is 0 Å². The fourth-order valence-corrected chi connectivity index (χ4v) is 3.08. The molecule has 1 aromatic heterocycles. The maximum atomic E-state index is 5.27. The van der Waals surface area contributed by atoms with E-state index < -0.39 is 0 Å². The highest BCUT2D eigenvalue weighted by atomic mass is 15.0. The zero-order valence-corrected chi connectivity index (χ0v) is 16.3. The highest BCUT2D eigenvalue weighted by molar-refractivity contribution is 5.44. The van der Waals surface area contributed by atoms with E-state index in [1.54, 1.807) is 0 Å². The lowest BCUT2D eigenvalue weighted by molar-refractivity contribution is 0.356. The topological polar surface area (TPSA) is 24.9 Å². The Morgan fingerprint density at radius 3 is 2.21 bits per heavy atom. The van der Waals surface area contributed by atoms with Crippen molar-refractivity contribution >= 4 is 5.82 Å². The number of unbranched alkanes of at least 4 members (excludes halogenated alkanes) is 6. The normalized spacial score (nSPS) is 11.3. The van der Waals surface area contributed by atoms with E-state index in [2.05, 4.69) is 50.1 Å². The molecule has 0 amide bonds. The third kappa shape index (κ3) is 8.96.